The molecule has 0 saturated heterocycles. The van der Waals surface area contributed by atoms with Crippen LogP contribution in [0.1, 0.15) is 41.5 Å². The summed E-state index contributed by atoms with van der Waals surface area (Å²) < 4.78 is 27.2. The standard InChI is InChI=1S/C17H18F2N2/c18-12-8-9-15(16(19)10-12)17(21-20)14-7-3-5-11-4-1-2-6-13(11)14/h1-2,4,6,8-10,14,17,21H,3,5,7,20H2. The maximum Gasteiger partial charge on any atom is 0.130 e. The quantitative estimate of drug-likeness (QED) is 0.669. The van der Waals surface area contributed by atoms with Crippen molar-refractivity contribution in [2.75, 3.05) is 0 Å². The van der Waals surface area contributed by atoms with Gasteiger partial charge in [-0.2, -0.15) is 0 Å². The first kappa shape index (κ1) is 14.2. The lowest BCUT2D eigenvalue weighted by Crippen LogP contribution is -2.34. The highest BCUT2D eigenvalue weighted by Crippen LogP contribution is 2.40. The average Bonchev–Trinajstić information content (AvgIpc) is 2.50. The summed E-state index contributed by atoms with van der Waals surface area (Å²) in [6, 6.07) is 11.5. The molecule has 0 bridgehead atoms. The Morgan fingerprint density at radius 2 is 1.95 bits per heavy atom. The smallest absolute Gasteiger partial charge is 0.130 e. The van der Waals surface area contributed by atoms with E-state index in [0.717, 1.165) is 25.3 Å². The molecule has 4 heteroatoms. The Bertz CT molecular complexity index is 642. The molecule has 0 aliphatic heterocycles. The van der Waals surface area contributed by atoms with Crippen molar-refractivity contribution in [2.45, 2.75) is 31.2 Å². The number of hydrogen-bond donors (Lipinski definition) is 2. The Morgan fingerprint density at radius 1 is 1.14 bits per heavy atom. The highest BCUT2D eigenvalue weighted by atomic mass is 19.1. The molecular weight excluding hydrogens is 270 g/mol. The van der Waals surface area contributed by atoms with Crippen LogP contribution in [0, 0.1) is 11.6 Å². The van der Waals surface area contributed by atoms with E-state index in [2.05, 4.69) is 17.6 Å². The van der Waals surface area contributed by atoms with Crippen LogP contribution in [0.25, 0.3) is 0 Å². The largest absolute Gasteiger partial charge is 0.271 e. The van der Waals surface area contributed by atoms with Gasteiger partial charge >= 0.3 is 0 Å². The van der Waals surface area contributed by atoms with Crippen LogP contribution in [0.4, 0.5) is 8.78 Å². The molecule has 1 aliphatic carbocycles. The van der Waals surface area contributed by atoms with Gasteiger partial charge in [0.25, 0.3) is 0 Å². The molecule has 0 saturated carbocycles. The molecular formula is C17H18F2N2. The van der Waals surface area contributed by atoms with Crippen LogP contribution in [0.5, 0.6) is 0 Å². The SMILES string of the molecule is NNC(c1ccc(F)cc1F)C1CCCc2ccccc21. The van der Waals surface area contributed by atoms with E-state index in [0.29, 0.717) is 5.56 Å². The number of nitrogens with two attached hydrogens (primary N) is 1. The molecule has 21 heavy (non-hydrogen) atoms. The molecule has 2 atom stereocenters. The maximum atomic E-state index is 14.1. The number of nitrogens with one attached hydrogen (secondary N) is 1. The minimum atomic E-state index is -0.573. The van der Waals surface area contributed by atoms with E-state index < -0.39 is 11.6 Å². The number of fused-ring (bicyclic) bond motifs is 1. The average molecular weight is 288 g/mol. The lowest BCUT2D eigenvalue weighted by atomic mass is 9.77. The van der Waals surface area contributed by atoms with Crippen LogP contribution < -0.4 is 11.3 Å². The maximum absolute atomic E-state index is 14.1. The second-order valence-corrected chi connectivity index (χ2v) is 5.51. The molecule has 2 aromatic rings. The second-order valence-electron chi connectivity index (χ2n) is 5.51. The summed E-state index contributed by atoms with van der Waals surface area (Å²) in [4.78, 5) is 0. The van der Waals surface area contributed by atoms with Crippen molar-refractivity contribution in [3.05, 3.63) is 70.8 Å². The molecule has 0 fully saturated rings. The van der Waals surface area contributed by atoms with Gasteiger partial charge in [-0.3, -0.25) is 11.3 Å². The van der Waals surface area contributed by atoms with Gasteiger partial charge in [-0.05, 0) is 36.5 Å². The first-order valence-electron chi connectivity index (χ1n) is 7.19. The zero-order valence-corrected chi connectivity index (χ0v) is 11.7. The van der Waals surface area contributed by atoms with Crippen LogP contribution in [-0.2, 0) is 6.42 Å². The van der Waals surface area contributed by atoms with E-state index >= 15 is 0 Å². The molecule has 3 N–H and O–H groups in total. The van der Waals surface area contributed by atoms with Crippen molar-refractivity contribution in [3.63, 3.8) is 0 Å². The molecule has 1 aliphatic rings. The zero-order chi connectivity index (χ0) is 14.8. The van der Waals surface area contributed by atoms with Crippen molar-refractivity contribution in [1.29, 1.82) is 0 Å². The molecule has 2 aromatic carbocycles. The molecule has 0 spiro atoms. The number of hydrogen-bond acceptors (Lipinski definition) is 2. The summed E-state index contributed by atoms with van der Waals surface area (Å²) in [5.74, 6) is 4.66. The van der Waals surface area contributed by atoms with Gasteiger partial charge in [0, 0.05) is 17.5 Å². The summed E-state index contributed by atoms with van der Waals surface area (Å²) >= 11 is 0. The highest BCUT2D eigenvalue weighted by Gasteiger charge is 2.29. The van der Waals surface area contributed by atoms with Gasteiger partial charge in [-0.1, -0.05) is 30.3 Å². The summed E-state index contributed by atoms with van der Waals surface area (Å²) in [5, 5.41) is 0. The number of rotatable bonds is 3. The molecule has 3 rings (SSSR count). The Balaban J connectivity index is 2.01. The van der Waals surface area contributed by atoms with E-state index in [-0.39, 0.29) is 12.0 Å². The molecule has 110 valence electrons. The fraction of sp³-hybridized carbons (Fsp3) is 0.294. The minimum absolute atomic E-state index is 0.0971. The van der Waals surface area contributed by atoms with Gasteiger partial charge in [0.15, 0.2) is 0 Å². The lowest BCUT2D eigenvalue weighted by molar-refractivity contribution is 0.394. The van der Waals surface area contributed by atoms with Crippen LogP contribution >= 0.6 is 0 Å². The van der Waals surface area contributed by atoms with E-state index in [1.807, 2.05) is 12.1 Å². The first-order valence-corrected chi connectivity index (χ1v) is 7.19. The minimum Gasteiger partial charge on any atom is -0.271 e. The van der Waals surface area contributed by atoms with E-state index in [1.54, 1.807) is 0 Å². The third-order valence-corrected chi connectivity index (χ3v) is 4.30. The van der Waals surface area contributed by atoms with Gasteiger partial charge in [-0.15, -0.1) is 0 Å². The molecule has 0 amide bonds. The highest BCUT2D eigenvalue weighted by molar-refractivity contribution is 5.36. The van der Waals surface area contributed by atoms with E-state index in [4.69, 9.17) is 5.84 Å². The topological polar surface area (TPSA) is 38.0 Å². The van der Waals surface area contributed by atoms with Gasteiger partial charge in [-0.25, -0.2) is 8.78 Å². The molecule has 2 nitrogen and oxygen atoms in total. The van der Waals surface area contributed by atoms with Crippen LogP contribution in [0.15, 0.2) is 42.5 Å². The Hall–Kier alpha value is -1.78. The van der Waals surface area contributed by atoms with Gasteiger partial charge < -0.3 is 0 Å². The summed E-state index contributed by atoms with van der Waals surface area (Å²) in [6.45, 7) is 0. The van der Waals surface area contributed by atoms with Crippen molar-refractivity contribution in [2.24, 2.45) is 5.84 Å². The van der Waals surface area contributed by atoms with Crippen molar-refractivity contribution in [1.82, 2.24) is 5.43 Å². The van der Waals surface area contributed by atoms with E-state index in [9.17, 15) is 8.78 Å². The Morgan fingerprint density at radius 3 is 2.71 bits per heavy atom. The summed E-state index contributed by atoms with van der Waals surface area (Å²) in [5.41, 5.74) is 5.64. The lowest BCUT2D eigenvalue weighted by Gasteiger charge is -2.32. The van der Waals surface area contributed by atoms with Gasteiger partial charge in [0.1, 0.15) is 11.6 Å². The van der Waals surface area contributed by atoms with Gasteiger partial charge in [0.2, 0.25) is 0 Å². The monoisotopic (exact) mass is 288 g/mol. The molecule has 0 aromatic heterocycles. The fourth-order valence-electron chi connectivity index (χ4n) is 3.31. The summed E-state index contributed by atoms with van der Waals surface area (Å²) in [6.07, 6.45) is 3.02. The Kier molecular flexibility index (Phi) is 3.99. The first-order chi connectivity index (χ1) is 10.2. The predicted octanol–water partition coefficient (Wildman–Crippen LogP) is 3.59. The van der Waals surface area contributed by atoms with Gasteiger partial charge in [0.05, 0.1) is 6.04 Å². The predicted molar refractivity (Wildman–Crippen MR) is 78.5 cm³/mol. The third kappa shape index (κ3) is 2.69. The molecule has 0 radical (unpaired) electrons. The summed E-state index contributed by atoms with van der Waals surface area (Å²) in [7, 11) is 0. The zero-order valence-electron chi connectivity index (χ0n) is 11.7. The molecule has 0 heterocycles. The van der Waals surface area contributed by atoms with Crippen LogP contribution in [-0.4, -0.2) is 0 Å². The van der Waals surface area contributed by atoms with Crippen LogP contribution in [0.2, 0.25) is 0 Å². The normalized spacial score (nSPS) is 19.1. The number of aryl methyl sites for hydroxylation is 1. The second kappa shape index (κ2) is 5.92. The van der Waals surface area contributed by atoms with Crippen molar-refractivity contribution >= 4 is 0 Å². The Labute approximate surface area is 122 Å². The fourth-order valence-corrected chi connectivity index (χ4v) is 3.31. The van der Waals surface area contributed by atoms with Crippen molar-refractivity contribution in [3.8, 4) is 0 Å². The number of benzene rings is 2. The number of halogens is 2. The van der Waals surface area contributed by atoms with Crippen molar-refractivity contribution < 1.29 is 8.78 Å². The number of hydrazine groups is 1. The third-order valence-electron chi connectivity index (χ3n) is 4.30. The van der Waals surface area contributed by atoms with Crippen LogP contribution in [0.3, 0.4) is 0 Å². The molecule has 2 unspecified atom stereocenters. The van der Waals surface area contributed by atoms with E-state index in [1.165, 1.54) is 23.3 Å².